The van der Waals surface area contributed by atoms with Crippen LogP contribution >= 0.6 is 0 Å². The van der Waals surface area contributed by atoms with E-state index < -0.39 is 0 Å². The molecule has 3 nitrogen and oxygen atoms in total. The van der Waals surface area contributed by atoms with Crippen molar-refractivity contribution >= 4 is 5.91 Å². The molecule has 0 aromatic rings. The van der Waals surface area contributed by atoms with Crippen molar-refractivity contribution in [2.24, 2.45) is 0 Å². The molecule has 0 aliphatic rings. The Bertz CT molecular complexity index is 160. The van der Waals surface area contributed by atoms with Gasteiger partial charge in [-0.1, -0.05) is 51.9 Å². The van der Waals surface area contributed by atoms with E-state index >= 15 is 0 Å². The largest absolute Gasteiger partial charge is 0.355 e. The van der Waals surface area contributed by atoms with Gasteiger partial charge in [-0.05, 0) is 13.5 Å². The van der Waals surface area contributed by atoms with Crippen LogP contribution in [0.3, 0.4) is 0 Å². The molecule has 0 aromatic carbocycles. The highest BCUT2D eigenvalue weighted by Gasteiger charge is 1.97. The molecule has 0 aliphatic carbocycles. The summed E-state index contributed by atoms with van der Waals surface area (Å²) in [4.78, 5) is 11.1. The number of carbonyl (C=O) groups excluding carboxylic acids is 1. The lowest BCUT2D eigenvalue weighted by Gasteiger charge is -2.04. The average molecular weight is 228 g/mol. The number of unbranched alkanes of at least 4 members (excludes halogenated alkanes) is 7. The third-order valence-electron chi connectivity index (χ3n) is 2.69. The molecule has 16 heavy (non-hydrogen) atoms. The molecule has 2 N–H and O–H groups in total. The van der Waals surface area contributed by atoms with Crippen molar-refractivity contribution in [3.8, 4) is 0 Å². The summed E-state index contributed by atoms with van der Waals surface area (Å²) in [7, 11) is 1.79. The summed E-state index contributed by atoms with van der Waals surface area (Å²) in [5.41, 5.74) is 0. The van der Waals surface area contributed by atoms with E-state index in [1.165, 1.54) is 44.9 Å². The first-order valence-corrected chi connectivity index (χ1v) is 6.72. The molecule has 0 saturated heterocycles. The van der Waals surface area contributed by atoms with Gasteiger partial charge in [0.2, 0.25) is 5.91 Å². The van der Waals surface area contributed by atoms with Crippen LogP contribution in [0.1, 0.15) is 58.3 Å². The van der Waals surface area contributed by atoms with E-state index in [4.69, 9.17) is 0 Å². The van der Waals surface area contributed by atoms with E-state index in [-0.39, 0.29) is 5.91 Å². The summed E-state index contributed by atoms with van der Waals surface area (Å²) in [6.07, 6.45) is 10.5. The Morgan fingerprint density at radius 2 is 1.50 bits per heavy atom. The van der Waals surface area contributed by atoms with Gasteiger partial charge < -0.3 is 10.6 Å². The topological polar surface area (TPSA) is 41.1 Å². The molecule has 0 atom stereocenters. The normalized spacial score (nSPS) is 10.4. The SMILES string of the molecule is CCCCCCCCCCNC(=O)CNC. The predicted octanol–water partition coefficient (Wildman–Crippen LogP) is 2.46. The number of likely N-dealkylation sites (N-methyl/N-ethyl adjacent to an activating group) is 1. The van der Waals surface area contributed by atoms with Gasteiger partial charge in [-0.3, -0.25) is 4.79 Å². The molecule has 0 bridgehead atoms. The van der Waals surface area contributed by atoms with Gasteiger partial charge in [-0.25, -0.2) is 0 Å². The molecule has 0 aromatic heterocycles. The molecule has 0 spiro atoms. The highest BCUT2D eigenvalue weighted by molar-refractivity contribution is 5.77. The highest BCUT2D eigenvalue weighted by Crippen LogP contribution is 2.07. The zero-order valence-corrected chi connectivity index (χ0v) is 11.0. The first-order valence-electron chi connectivity index (χ1n) is 6.72. The van der Waals surface area contributed by atoms with Crippen LogP contribution < -0.4 is 10.6 Å². The van der Waals surface area contributed by atoms with Gasteiger partial charge in [0.25, 0.3) is 0 Å². The van der Waals surface area contributed by atoms with Crippen LogP contribution in [0, 0.1) is 0 Å². The summed E-state index contributed by atoms with van der Waals surface area (Å²) in [6, 6.07) is 0. The molecular weight excluding hydrogens is 200 g/mol. The van der Waals surface area contributed by atoms with Gasteiger partial charge in [0.1, 0.15) is 0 Å². The second kappa shape index (κ2) is 12.5. The number of rotatable bonds is 11. The fourth-order valence-electron chi connectivity index (χ4n) is 1.71. The Kier molecular flexibility index (Phi) is 12.1. The minimum Gasteiger partial charge on any atom is -0.355 e. The lowest BCUT2D eigenvalue weighted by molar-refractivity contribution is -0.120. The number of hydrogen-bond donors (Lipinski definition) is 2. The first-order chi connectivity index (χ1) is 7.81. The second-order valence-corrected chi connectivity index (χ2v) is 4.36. The summed E-state index contributed by atoms with van der Waals surface area (Å²) in [5, 5.41) is 5.73. The summed E-state index contributed by atoms with van der Waals surface area (Å²) in [5.74, 6) is 0.102. The van der Waals surface area contributed by atoms with Gasteiger partial charge in [-0.2, -0.15) is 0 Å². The average Bonchev–Trinajstić information content (AvgIpc) is 2.27. The third kappa shape index (κ3) is 11.5. The van der Waals surface area contributed by atoms with Gasteiger partial charge in [-0.15, -0.1) is 0 Å². The maximum atomic E-state index is 11.1. The lowest BCUT2D eigenvalue weighted by Crippen LogP contribution is -2.32. The van der Waals surface area contributed by atoms with Crippen LogP contribution in [0.25, 0.3) is 0 Å². The first kappa shape index (κ1) is 15.4. The van der Waals surface area contributed by atoms with Crippen molar-refractivity contribution in [2.75, 3.05) is 20.1 Å². The minimum absolute atomic E-state index is 0.102. The Hall–Kier alpha value is -0.570. The number of carbonyl (C=O) groups is 1. The molecule has 0 radical (unpaired) electrons. The van der Waals surface area contributed by atoms with Crippen LogP contribution in [0.5, 0.6) is 0 Å². The van der Waals surface area contributed by atoms with Gasteiger partial charge in [0, 0.05) is 6.54 Å². The maximum absolute atomic E-state index is 11.1. The van der Waals surface area contributed by atoms with Crippen molar-refractivity contribution in [3.05, 3.63) is 0 Å². The van der Waals surface area contributed by atoms with E-state index in [9.17, 15) is 4.79 Å². The van der Waals surface area contributed by atoms with Gasteiger partial charge in [0.15, 0.2) is 0 Å². The Morgan fingerprint density at radius 3 is 2.06 bits per heavy atom. The molecule has 0 fully saturated rings. The quantitative estimate of drug-likeness (QED) is 0.533. The van der Waals surface area contributed by atoms with E-state index in [0.29, 0.717) is 6.54 Å². The Labute approximate surface area is 100 Å². The number of nitrogens with one attached hydrogen (secondary N) is 2. The highest BCUT2D eigenvalue weighted by atomic mass is 16.1. The third-order valence-corrected chi connectivity index (χ3v) is 2.69. The molecule has 1 amide bonds. The molecule has 0 unspecified atom stereocenters. The van der Waals surface area contributed by atoms with Crippen LogP contribution in [-0.4, -0.2) is 26.0 Å². The molecule has 0 aliphatic heterocycles. The van der Waals surface area contributed by atoms with Crippen molar-refractivity contribution in [2.45, 2.75) is 58.3 Å². The summed E-state index contributed by atoms with van der Waals surface area (Å²) < 4.78 is 0. The van der Waals surface area contributed by atoms with E-state index in [2.05, 4.69) is 17.6 Å². The van der Waals surface area contributed by atoms with Crippen LogP contribution in [-0.2, 0) is 4.79 Å². The summed E-state index contributed by atoms with van der Waals surface area (Å²) in [6.45, 7) is 3.50. The predicted molar refractivity (Wildman–Crippen MR) is 69.5 cm³/mol. The van der Waals surface area contributed by atoms with Crippen molar-refractivity contribution in [3.63, 3.8) is 0 Å². The second-order valence-electron chi connectivity index (χ2n) is 4.36. The fraction of sp³-hybridized carbons (Fsp3) is 0.923. The van der Waals surface area contributed by atoms with E-state index in [0.717, 1.165) is 13.0 Å². The van der Waals surface area contributed by atoms with Crippen molar-refractivity contribution in [1.29, 1.82) is 0 Å². The van der Waals surface area contributed by atoms with Crippen LogP contribution in [0.15, 0.2) is 0 Å². The lowest BCUT2D eigenvalue weighted by atomic mass is 10.1. The molecule has 3 heteroatoms. The van der Waals surface area contributed by atoms with Crippen molar-refractivity contribution < 1.29 is 4.79 Å². The van der Waals surface area contributed by atoms with E-state index in [1.54, 1.807) is 7.05 Å². The van der Waals surface area contributed by atoms with Crippen LogP contribution in [0.4, 0.5) is 0 Å². The molecule has 0 heterocycles. The van der Waals surface area contributed by atoms with Crippen LogP contribution in [0.2, 0.25) is 0 Å². The Balaban J connectivity index is 3.01. The molecular formula is C13H28N2O. The number of amides is 1. The standard InChI is InChI=1S/C13H28N2O/c1-3-4-5-6-7-8-9-10-11-15-13(16)12-14-2/h14H,3-12H2,1-2H3,(H,15,16). The Morgan fingerprint density at radius 1 is 0.938 bits per heavy atom. The summed E-state index contributed by atoms with van der Waals surface area (Å²) >= 11 is 0. The zero-order valence-electron chi connectivity index (χ0n) is 11.0. The molecule has 96 valence electrons. The van der Waals surface area contributed by atoms with Crippen molar-refractivity contribution in [1.82, 2.24) is 10.6 Å². The molecule has 0 rings (SSSR count). The smallest absolute Gasteiger partial charge is 0.233 e. The fourth-order valence-corrected chi connectivity index (χ4v) is 1.71. The minimum atomic E-state index is 0.102. The number of hydrogen-bond acceptors (Lipinski definition) is 2. The van der Waals surface area contributed by atoms with Gasteiger partial charge in [0.05, 0.1) is 6.54 Å². The zero-order chi connectivity index (χ0) is 12.1. The maximum Gasteiger partial charge on any atom is 0.233 e. The van der Waals surface area contributed by atoms with E-state index in [1.807, 2.05) is 0 Å². The monoisotopic (exact) mass is 228 g/mol. The molecule has 0 saturated carbocycles. The van der Waals surface area contributed by atoms with Gasteiger partial charge >= 0.3 is 0 Å².